The van der Waals surface area contributed by atoms with Crippen molar-refractivity contribution in [1.29, 1.82) is 0 Å². The molecule has 4 atom stereocenters. The molecule has 0 aliphatic heterocycles. The summed E-state index contributed by atoms with van der Waals surface area (Å²) in [6.45, 7) is 2.01. The molecule has 2 aromatic carbocycles. The van der Waals surface area contributed by atoms with E-state index in [-0.39, 0.29) is 23.7 Å². The van der Waals surface area contributed by atoms with Crippen molar-refractivity contribution in [3.63, 3.8) is 0 Å². The van der Waals surface area contributed by atoms with Gasteiger partial charge in [-0.05, 0) is 90.7 Å². The Hall–Kier alpha value is -2.17. The largest absolute Gasteiger partial charge is 0.207 e. The van der Waals surface area contributed by atoms with Crippen LogP contribution < -0.4 is 0 Å². The Morgan fingerprint density at radius 1 is 0.897 bits per heavy atom. The number of allylic oxidation sites excluding steroid dienone is 2. The number of benzene rings is 2. The minimum atomic E-state index is -1.47. The van der Waals surface area contributed by atoms with Crippen molar-refractivity contribution in [2.45, 2.75) is 50.9 Å². The molecule has 0 nitrogen and oxygen atoms in total. The molecule has 154 valence electrons. The molecule has 1 fully saturated rings. The summed E-state index contributed by atoms with van der Waals surface area (Å²) in [7, 11) is 0. The first-order valence-corrected chi connectivity index (χ1v) is 10.2. The maximum Gasteiger partial charge on any atom is 0.194 e. The lowest BCUT2D eigenvalue weighted by Gasteiger charge is -2.46. The van der Waals surface area contributed by atoms with E-state index >= 15 is 0 Å². The highest BCUT2D eigenvalue weighted by Crippen LogP contribution is 2.54. The van der Waals surface area contributed by atoms with Crippen LogP contribution in [0.15, 0.2) is 36.4 Å². The molecule has 5 heteroatoms. The molecule has 0 N–H and O–H groups in total. The number of halogens is 5. The third kappa shape index (κ3) is 3.60. The average Bonchev–Trinajstić information content (AvgIpc) is 2.69. The Bertz CT molecular complexity index is 926. The number of hydrogen-bond acceptors (Lipinski definition) is 0. The van der Waals surface area contributed by atoms with Crippen LogP contribution in [-0.2, 0) is 6.42 Å². The zero-order chi connectivity index (χ0) is 20.7. The molecule has 0 unspecified atom stereocenters. The van der Waals surface area contributed by atoms with Gasteiger partial charge >= 0.3 is 0 Å². The van der Waals surface area contributed by atoms with E-state index in [4.69, 9.17) is 0 Å². The molecule has 0 bridgehead atoms. The molecule has 0 heterocycles. The summed E-state index contributed by atoms with van der Waals surface area (Å²) >= 11 is 0. The van der Waals surface area contributed by atoms with Gasteiger partial charge in [0.2, 0.25) is 0 Å². The van der Waals surface area contributed by atoms with Crippen molar-refractivity contribution in [3.8, 4) is 0 Å². The molecule has 0 aromatic heterocycles. The first-order chi connectivity index (χ1) is 13.9. The number of fused-ring (bicyclic) bond motifs is 3. The van der Waals surface area contributed by atoms with Crippen LogP contribution in [-0.4, -0.2) is 0 Å². The van der Waals surface area contributed by atoms with E-state index in [1.807, 2.05) is 13.0 Å². The minimum absolute atomic E-state index is 0.0202. The summed E-state index contributed by atoms with van der Waals surface area (Å²) in [5.41, 5.74) is 1.64. The molecule has 2 aliphatic rings. The SMILES string of the molecule is CC/C=C/[C@@H]1CC[C@H]2c3cc(F)cc(F)c3CC[C@@H]2[C@H]1c1cc(F)c(F)c(F)c1. The summed E-state index contributed by atoms with van der Waals surface area (Å²) in [5, 5.41) is 0. The quantitative estimate of drug-likeness (QED) is 0.288. The predicted octanol–water partition coefficient (Wildman–Crippen LogP) is 7.19. The minimum Gasteiger partial charge on any atom is -0.207 e. The van der Waals surface area contributed by atoms with Gasteiger partial charge in [-0.2, -0.15) is 0 Å². The molecule has 0 spiro atoms. The van der Waals surface area contributed by atoms with Gasteiger partial charge in [-0.3, -0.25) is 0 Å². The van der Waals surface area contributed by atoms with Crippen LogP contribution in [0.25, 0.3) is 0 Å². The van der Waals surface area contributed by atoms with Crippen LogP contribution in [0.2, 0.25) is 0 Å². The Morgan fingerprint density at radius 3 is 2.31 bits per heavy atom. The van der Waals surface area contributed by atoms with Gasteiger partial charge < -0.3 is 0 Å². The molecule has 1 saturated carbocycles. The average molecular weight is 406 g/mol. The third-order valence-corrected chi connectivity index (χ3v) is 6.58. The second-order valence-corrected chi connectivity index (χ2v) is 8.17. The fraction of sp³-hybridized carbons (Fsp3) is 0.417. The van der Waals surface area contributed by atoms with Crippen molar-refractivity contribution in [2.75, 3.05) is 0 Å². The van der Waals surface area contributed by atoms with E-state index in [0.717, 1.165) is 37.5 Å². The van der Waals surface area contributed by atoms with E-state index in [9.17, 15) is 22.0 Å². The first kappa shape index (κ1) is 20.1. The van der Waals surface area contributed by atoms with E-state index in [1.54, 1.807) is 0 Å². The van der Waals surface area contributed by atoms with E-state index < -0.39 is 29.1 Å². The Balaban J connectivity index is 1.80. The van der Waals surface area contributed by atoms with E-state index in [2.05, 4.69) is 6.08 Å². The fourth-order valence-corrected chi connectivity index (χ4v) is 5.42. The molecular weight excluding hydrogens is 383 g/mol. The molecule has 29 heavy (non-hydrogen) atoms. The van der Waals surface area contributed by atoms with Gasteiger partial charge in [-0.1, -0.05) is 19.1 Å². The second kappa shape index (κ2) is 7.92. The first-order valence-electron chi connectivity index (χ1n) is 10.2. The van der Waals surface area contributed by atoms with Crippen molar-refractivity contribution in [2.24, 2.45) is 11.8 Å². The van der Waals surface area contributed by atoms with Gasteiger partial charge in [0, 0.05) is 6.07 Å². The Kier molecular flexibility index (Phi) is 5.50. The monoisotopic (exact) mass is 406 g/mol. The zero-order valence-electron chi connectivity index (χ0n) is 16.2. The van der Waals surface area contributed by atoms with E-state index in [0.29, 0.717) is 29.5 Å². The summed E-state index contributed by atoms with van der Waals surface area (Å²) in [6.07, 6.45) is 7.52. The molecule has 0 amide bonds. The molecule has 0 saturated heterocycles. The zero-order valence-corrected chi connectivity index (χ0v) is 16.2. The van der Waals surface area contributed by atoms with Crippen molar-refractivity contribution in [3.05, 3.63) is 82.2 Å². The van der Waals surface area contributed by atoms with Gasteiger partial charge in [-0.15, -0.1) is 0 Å². The topological polar surface area (TPSA) is 0 Å². The molecule has 4 rings (SSSR count). The fourth-order valence-electron chi connectivity index (χ4n) is 5.42. The van der Waals surface area contributed by atoms with Crippen molar-refractivity contribution in [1.82, 2.24) is 0 Å². The maximum atomic E-state index is 14.3. The lowest BCUT2D eigenvalue weighted by Crippen LogP contribution is -2.35. The van der Waals surface area contributed by atoms with E-state index in [1.165, 1.54) is 6.07 Å². The van der Waals surface area contributed by atoms with Crippen LogP contribution in [0.3, 0.4) is 0 Å². The van der Waals surface area contributed by atoms with Gasteiger partial charge in [0.05, 0.1) is 0 Å². The van der Waals surface area contributed by atoms with Crippen LogP contribution in [0.1, 0.15) is 61.1 Å². The predicted molar refractivity (Wildman–Crippen MR) is 102 cm³/mol. The van der Waals surface area contributed by atoms with Crippen molar-refractivity contribution >= 4 is 0 Å². The highest BCUT2D eigenvalue weighted by Gasteiger charge is 2.43. The third-order valence-electron chi connectivity index (χ3n) is 6.58. The highest BCUT2D eigenvalue weighted by molar-refractivity contribution is 5.38. The summed E-state index contributed by atoms with van der Waals surface area (Å²) < 4.78 is 69.8. The number of rotatable bonds is 3. The van der Waals surface area contributed by atoms with Gasteiger partial charge in [0.25, 0.3) is 0 Å². The summed E-state index contributed by atoms with van der Waals surface area (Å²) in [4.78, 5) is 0. The molecule has 2 aromatic rings. The highest BCUT2D eigenvalue weighted by atomic mass is 19.2. The lowest BCUT2D eigenvalue weighted by molar-refractivity contribution is 0.193. The Morgan fingerprint density at radius 2 is 1.62 bits per heavy atom. The van der Waals surface area contributed by atoms with Crippen LogP contribution in [0, 0.1) is 40.9 Å². The summed E-state index contributed by atoms with van der Waals surface area (Å²) in [5.74, 6) is -5.31. The van der Waals surface area contributed by atoms with Crippen molar-refractivity contribution < 1.29 is 22.0 Å². The second-order valence-electron chi connectivity index (χ2n) is 8.17. The van der Waals surface area contributed by atoms with Gasteiger partial charge in [0.1, 0.15) is 11.6 Å². The molecular formula is C24H23F5. The van der Waals surface area contributed by atoms with Crippen LogP contribution >= 0.6 is 0 Å². The summed E-state index contributed by atoms with van der Waals surface area (Å²) in [6, 6.07) is 4.48. The number of hydrogen-bond donors (Lipinski definition) is 0. The molecule has 2 aliphatic carbocycles. The Labute approximate surface area is 167 Å². The van der Waals surface area contributed by atoms with Gasteiger partial charge in [-0.25, -0.2) is 22.0 Å². The van der Waals surface area contributed by atoms with Gasteiger partial charge in [0.15, 0.2) is 17.5 Å². The smallest absolute Gasteiger partial charge is 0.194 e. The van der Waals surface area contributed by atoms with Crippen LogP contribution in [0.4, 0.5) is 22.0 Å². The maximum absolute atomic E-state index is 14.3. The van der Waals surface area contributed by atoms with Crippen LogP contribution in [0.5, 0.6) is 0 Å². The normalized spacial score (nSPS) is 26.4. The molecule has 0 radical (unpaired) electrons. The lowest BCUT2D eigenvalue weighted by atomic mass is 9.58. The standard InChI is InChI=1S/C24H23F5/c1-2-3-4-13-5-6-16-18(8-7-17-19(16)11-15(25)12-20(17)26)23(13)14-9-21(27)24(29)22(28)10-14/h3-4,9-13,16,18,23H,2,5-8H2,1H3/b4-3+/t13-,16-,18+,23-/m1/s1.